The van der Waals surface area contributed by atoms with E-state index in [-0.39, 0.29) is 0 Å². The molecule has 0 saturated heterocycles. The quantitative estimate of drug-likeness (QED) is 0.541. The summed E-state index contributed by atoms with van der Waals surface area (Å²) in [4.78, 5) is 0. The molecular weight excluding hydrogens is 194 g/mol. The predicted molar refractivity (Wildman–Crippen MR) is 72.7 cm³/mol. The van der Waals surface area contributed by atoms with Gasteiger partial charge in [0.05, 0.1) is 0 Å². The maximum absolute atomic E-state index is 3.68. The summed E-state index contributed by atoms with van der Waals surface area (Å²) in [5.41, 5.74) is 1.42. The van der Waals surface area contributed by atoms with Gasteiger partial charge in [-0.15, -0.1) is 0 Å². The Kier molecular flexibility index (Phi) is 6.79. The lowest BCUT2D eigenvalue weighted by atomic mass is 9.95. The zero-order chi connectivity index (χ0) is 11.8. The van der Waals surface area contributed by atoms with Crippen LogP contribution >= 0.6 is 0 Å². The van der Waals surface area contributed by atoms with Gasteiger partial charge in [-0.3, -0.25) is 0 Å². The Bertz CT molecular complexity index is 203. The average Bonchev–Trinajstić information content (AvgIpc) is 2.44. The lowest BCUT2D eigenvalue weighted by molar-refractivity contribution is 0.413. The van der Waals surface area contributed by atoms with Crippen LogP contribution in [-0.4, -0.2) is 12.6 Å². The number of nitrogens with one attached hydrogen (secondary N) is 1. The smallest absolute Gasteiger partial charge is 0.0139 e. The molecule has 0 amide bonds. The van der Waals surface area contributed by atoms with Crippen molar-refractivity contribution >= 4 is 0 Å². The first kappa shape index (κ1) is 13.8. The molecule has 0 aromatic heterocycles. The van der Waals surface area contributed by atoms with Gasteiger partial charge in [-0.2, -0.15) is 0 Å². The van der Waals surface area contributed by atoms with Gasteiger partial charge >= 0.3 is 0 Å². The van der Waals surface area contributed by atoms with Gasteiger partial charge < -0.3 is 5.32 Å². The molecule has 0 aromatic rings. The van der Waals surface area contributed by atoms with Gasteiger partial charge in [-0.25, -0.2) is 0 Å². The molecule has 1 aliphatic carbocycles. The highest BCUT2D eigenvalue weighted by Crippen LogP contribution is 2.26. The molecule has 1 N–H and O–H groups in total. The van der Waals surface area contributed by atoms with Crippen molar-refractivity contribution in [3.63, 3.8) is 0 Å². The highest BCUT2D eigenvalue weighted by molar-refractivity contribution is 4.95. The van der Waals surface area contributed by atoms with Crippen LogP contribution in [0.15, 0.2) is 11.6 Å². The first-order valence-electron chi connectivity index (χ1n) is 7.09. The Balaban J connectivity index is 2.22. The minimum atomic E-state index is 0.775. The number of rotatable bonds is 5. The fourth-order valence-corrected chi connectivity index (χ4v) is 2.71. The minimum absolute atomic E-state index is 0.775. The molecule has 1 fully saturated rings. The van der Waals surface area contributed by atoms with Crippen LogP contribution in [0.1, 0.15) is 65.7 Å². The predicted octanol–water partition coefficient (Wildman–Crippen LogP) is 4.29. The van der Waals surface area contributed by atoms with Crippen molar-refractivity contribution in [2.24, 2.45) is 5.92 Å². The van der Waals surface area contributed by atoms with E-state index < -0.39 is 0 Å². The third kappa shape index (κ3) is 5.69. The van der Waals surface area contributed by atoms with Crippen molar-refractivity contribution in [3.05, 3.63) is 11.6 Å². The van der Waals surface area contributed by atoms with E-state index in [4.69, 9.17) is 0 Å². The van der Waals surface area contributed by atoms with E-state index >= 15 is 0 Å². The third-order valence-corrected chi connectivity index (χ3v) is 3.70. The molecule has 0 aromatic carbocycles. The zero-order valence-electron chi connectivity index (χ0n) is 11.4. The van der Waals surface area contributed by atoms with E-state index in [2.05, 4.69) is 32.2 Å². The molecule has 1 heteroatoms. The van der Waals surface area contributed by atoms with E-state index in [0.717, 1.165) is 18.5 Å². The maximum Gasteiger partial charge on any atom is 0.0139 e. The second kappa shape index (κ2) is 7.89. The number of hydrogen-bond acceptors (Lipinski definition) is 1. The number of hydrogen-bond donors (Lipinski definition) is 1. The Hall–Kier alpha value is -0.300. The molecule has 0 radical (unpaired) electrons. The van der Waals surface area contributed by atoms with E-state index in [1.807, 2.05) is 0 Å². The molecule has 1 nitrogen and oxygen atoms in total. The summed E-state index contributed by atoms with van der Waals surface area (Å²) in [5.74, 6) is 1.01. The number of allylic oxidation sites excluding steroid dienone is 1. The van der Waals surface area contributed by atoms with Crippen LogP contribution in [0.5, 0.6) is 0 Å². The average molecular weight is 223 g/mol. The normalized spacial score (nSPS) is 26.2. The van der Waals surface area contributed by atoms with Gasteiger partial charge in [0.25, 0.3) is 0 Å². The molecular formula is C15H29N. The van der Waals surface area contributed by atoms with Crippen LogP contribution in [-0.2, 0) is 0 Å². The first-order valence-corrected chi connectivity index (χ1v) is 7.09. The maximum atomic E-state index is 3.68. The fraction of sp³-hybridized carbons (Fsp3) is 0.867. The molecule has 0 bridgehead atoms. The SMILES string of the molecule is CCCC1CCCC(NCC=C(C)C)CC1. The molecule has 16 heavy (non-hydrogen) atoms. The van der Waals surface area contributed by atoms with Gasteiger partial charge in [0.15, 0.2) is 0 Å². The van der Waals surface area contributed by atoms with Gasteiger partial charge in [0.2, 0.25) is 0 Å². The Labute approximate surface area is 102 Å². The van der Waals surface area contributed by atoms with Crippen molar-refractivity contribution < 1.29 is 0 Å². The summed E-state index contributed by atoms with van der Waals surface area (Å²) in [5, 5.41) is 3.68. The highest BCUT2D eigenvalue weighted by Gasteiger charge is 2.17. The molecule has 1 rings (SSSR count). The largest absolute Gasteiger partial charge is 0.311 e. The third-order valence-electron chi connectivity index (χ3n) is 3.70. The summed E-state index contributed by atoms with van der Waals surface area (Å²) in [6.45, 7) is 7.72. The van der Waals surface area contributed by atoms with Crippen molar-refractivity contribution in [1.29, 1.82) is 0 Å². The summed E-state index contributed by atoms with van der Waals surface area (Å²) in [7, 11) is 0. The van der Waals surface area contributed by atoms with Crippen molar-refractivity contribution in [2.75, 3.05) is 6.54 Å². The van der Waals surface area contributed by atoms with Crippen molar-refractivity contribution in [3.8, 4) is 0 Å². The molecule has 0 aliphatic heterocycles. The molecule has 94 valence electrons. The standard InChI is InChI=1S/C15H29N/c1-4-6-14-7-5-8-15(10-9-14)16-12-11-13(2)3/h11,14-16H,4-10,12H2,1-3H3. The monoisotopic (exact) mass is 223 g/mol. The molecule has 1 aliphatic rings. The van der Waals surface area contributed by atoms with Crippen LogP contribution in [0.4, 0.5) is 0 Å². The van der Waals surface area contributed by atoms with Crippen LogP contribution in [0.3, 0.4) is 0 Å². The summed E-state index contributed by atoms with van der Waals surface area (Å²) in [6, 6.07) is 0.775. The van der Waals surface area contributed by atoms with E-state index in [1.54, 1.807) is 0 Å². The highest BCUT2D eigenvalue weighted by atomic mass is 14.9. The Morgan fingerprint density at radius 2 is 2.00 bits per heavy atom. The second-order valence-electron chi connectivity index (χ2n) is 5.55. The van der Waals surface area contributed by atoms with Gasteiger partial charge in [0, 0.05) is 12.6 Å². The van der Waals surface area contributed by atoms with Gasteiger partial charge in [0.1, 0.15) is 0 Å². The zero-order valence-corrected chi connectivity index (χ0v) is 11.4. The second-order valence-corrected chi connectivity index (χ2v) is 5.55. The van der Waals surface area contributed by atoms with Gasteiger partial charge in [-0.05, 0) is 39.0 Å². The molecule has 0 heterocycles. The Morgan fingerprint density at radius 3 is 2.69 bits per heavy atom. The molecule has 2 atom stereocenters. The van der Waals surface area contributed by atoms with Crippen LogP contribution in [0.25, 0.3) is 0 Å². The minimum Gasteiger partial charge on any atom is -0.311 e. The molecule has 1 saturated carbocycles. The van der Waals surface area contributed by atoms with E-state index in [9.17, 15) is 0 Å². The topological polar surface area (TPSA) is 12.0 Å². The van der Waals surface area contributed by atoms with Crippen LogP contribution in [0, 0.1) is 5.92 Å². The van der Waals surface area contributed by atoms with E-state index in [1.165, 1.54) is 50.5 Å². The van der Waals surface area contributed by atoms with Crippen LogP contribution < -0.4 is 5.32 Å². The summed E-state index contributed by atoms with van der Waals surface area (Å²) >= 11 is 0. The van der Waals surface area contributed by atoms with Crippen LogP contribution in [0.2, 0.25) is 0 Å². The molecule has 0 spiro atoms. The lowest BCUT2D eigenvalue weighted by Crippen LogP contribution is -2.28. The Morgan fingerprint density at radius 1 is 1.19 bits per heavy atom. The van der Waals surface area contributed by atoms with E-state index in [0.29, 0.717) is 0 Å². The lowest BCUT2D eigenvalue weighted by Gasteiger charge is -2.15. The van der Waals surface area contributed by atoms with Gasteiger partial charge in [-0.1, -0.05) is 44.3 Å². The first-order chi connectivity index (χ1) is 7.72. The fourth-order valence-electron chi connectivity index (χ4n) is 2.71. The van der Waals surface area contributed by atoms with Crippen molar-refractivity contribution in [1.82, 2.24) is 5.32 Å². The molecule has 2 unspecified atom stereocenters. The summed E-state index contributed by atoms with van der Waals surface area (Å²) < 4.78 is 0. The van der Waals surface area contributed by atoms with Crippen molar-refractivity contribution in [2.45, 2.75) is 71.8 Å². The summed E-state index contributed by atoms with van der Waals surface area (Å²) in [6.07, 6.45) is 12.2.